The summed E-state index contributed by atoms with van der Waals surface area (Å²) in [4.78, 5) is 4.53. The van der Waals surface area contributed by atoms with Gasteiger partial charge in [-0.3, -0.25) is 4.57 Å². The second kappa shape index (κ2) is 6.12. The average molecular weight is 398 g/mol. The number of fused-ring (bicyclic) bond motifs is 3. The molecule has 0 aliphatic carbocycles. The van der Waals surface area contributed by atoms with Gasteiger partial charge in [0, 0.05) is 15.8 Å². The molecule has 1 unspecified atom stereocenters. The zero-order chi connectivity index (χ0) is 16.8. The van der Waals surface area contributed by atoms with Crippen LogP contribution in [0.3, 0.4) is 0 Å². The van der Waals surface area contributed by atoms with Crippen LogP contribution in [0.2, 0.25) is 0 Å². The van der Waals surface area contributed by atoms with Gasteiger partial charge in [0.05, 0.1) is 23.1 Å². The summed E-state index contributed by atoms with van der Waals surface area (Å²) in [6.45, 7) is 8.27. The monoisotopic (exact) mass is 397 g/mol. The van der Waals surface area contributed by atoms with Gasteiger partial charge in [0.1, 0.15) is 23.4 Å². The first-order valence-electron chi connectivity index (χ1n) is 7.44. The lowest BCUT2D eigenvalue weighted by atomic mass is 10.2. The van der Waals surface area contributed by atoms with Crippen molar-refractivity contribution >= 4 is 27.3 Å². The maximum absolute atomic E-state index is 12.3. The molecule has 1 aliphatic heterocycles. The molecule has 5 nitrogen and oxygen atoms in total. The van der Waals surface area contributed by atoms with Crippen LogP contribution >= 0.6 is 15.9 Å². The smallest absolute Gasteiger partial charge is 0.145 e. The van der Waals surface area contributed by atoms with Crippen molar-refractivity contribution in [2.45, 2.75) is 45.1 Å². The summed E-state index contributed by atoms with van der Waals surface area (Å²) in [6, 6.07) is 5.81. The Bertz CT molecular complexity index is 727. The number of rotatable bonds is 3. The van der Waals surface area contributed by atoms with Crippen LogP contribution in [-0.2, 0) is 18.0 Å². The maximum atomic E-state index is 12.3. The van der Waals surface area contributed by atoms with E-state index < -0.39 is 11.4 Å². The van der Waals surface area contributed by atoms with Crippen LogP contribution in [0.4, 0.5) is 0 Å². The van der Waals surface area contributed by atoms with Crippen molar-refractivity contribution in [2.75, 3.05) is 0 Å². The predicted octanol–water partition coefficient (Wildman–Crippen LogP) is 3.64. The largest absolute Gasteiger partial charge is 0.598 e. The molecule has 1 aromatic carbocycles. The lowest BCUT2D eigenvalue weighted by Gasteiger charge is -2.27. The first-order valence-corrected chi connectivity index (χ1v) is 9.38. The second-order valence-corrected chi connectivity index (χ2v) is 9.48. The Kier molecular flexibility index (Phi) is 4.48. The molecule has 0 saturated carbocycles. The molecular formula is C16H20BrN3O2S. The van der Waals surface area contributed by atoms with Crippen molar-refractivity contribution in [1.29, 1.82) is 0 Å². The van der Waals surface area contributed by atoms with Gasteiger partial charge in [0.2, 0.25) is 0 Å². The van der Waals surface area contributed by atoms with E-state index in [4.69, 9.17) is 4.74 Å². The van der Waals surface area contributed by atoms with E-state index in [9.17, 15) is 4.55 Å². The molecule has 2 atom stereocenters. The molecular weight excluding hydrogens is 378 g/mol. The summed E-state index contributed by atoms with van der Waals surface area (Å²) in [5, 5.41) is 0. The van der Waals surface area contributed by atoms with Crippen molar-refractivity contribution in [1.82, 2.24) is 14.3 Å². The molecule has 1 N–H and O–H groups in total. The summed E-state index contributed by atoms with van der Waals surface area (Å²) >= 11 is 2.31. The molecule has 0 bridgehead atoms. The maximum Gasteiger partial charge on any atom is 0.145 e. The SMILES string of the molecule is CC(N[S@@+]([O-])C(C)(C)C)c1ncn2c1COc1cc(Br)ccc1-2. The van der Waals surface area contributed by atoms with Gasteiger partial charge in [0.25, 0.3) is 0 Å². The fourth-order valence-electron chi connectivity index (χ4n) is 2.44. The minimum absolute atomic E-state index is 0.119. The van der Waals surface area contributed by atoms with Crippen LogP contribution in [0.1, 0.15) is 45.1 Å². The van der Waals surface area contributed by atoms with E-state index >= 15 is 0 Å². The van der Waals surface area contributed by atoms with Gasteiger partial charge in [-0.2, -0.15) is 0 Å². The van der Waals surface area contributed by atoms with Crippen LogP contribution < -0.4 is 9.46 Å². The zero-order valence-electron chi connectivity index (χ0n) is 13.6. The van der Waals surface area contributed by atoms with Crippen molar-refractivity contribution in [3.8, 4) is 11.4 Å². The zero-order valence-corrected chi connectivity index (χ0v) is 16.0. The Morgan fingerprint density at radius 2 is 2.17 bits per heavy atom. The molecule has 23 heavy (non-hydrogen) atoms. The third kappa shape index (κ3) is 3.28. The van der Waals surface area contributed by atoms with E-state index in [0.29, 0.717) is 6.61 Å². The van der Waals surface area contributed by atoms with Gasteiger partial charge in [-0.25, -0.2) is 4.98 Å². The molecule has 2 aromatic rings. The van der Waals surface area contributed by atoms with Gasteiger partial charge >= 0.3 is 0 Å². The number of imidazole rings is 1. The highest BCUT2D eigenvalue weighted by atomic mass is 79.9. The minimum Gasteiger partial charge on any atom is -0.598 e. The highest BCUT2D eigenvalue weighted by molar-refractivity contribution is 9.10. The number of halogens is 1. The molecule has 0 fully saturated rings. The lowest BCUT2D eigenvalue weighted by Crippen LogP contribution is -2.40. The lowest BCUT2D eigenvalue weighted by molar-refractivity contribution is 0.282. The molecule has 7 heteroatoms. The number of ether oxygens (including phenoxy) is 1. The van der Waals surface area contributed by atoms with Crippen LogP contribution in [-0.4, -0.2) is 18.9 Å². The van der Waals surface area contributed by atoms with E-state index in [-0.39, 0.29) is 10.8 Å². The Balaban J connectivity index is 1.89. The molecule has 124 valence electrons. The van der Waals surface area contributed by atoms with Crippen LogP contribution in [0.5, 0.6) is 5.75 Å². The fraction of sp³-hybridized carbons (Fsp3) is 0.438. The second-order valence-electron chi connectivity index (χ2n) is 6.57. The summed E-state index contributed by atoms with van der Waals surface area (Å²) in [5.41, 5.74) is 2.83. The first kappa shape index (κ1) is 16.8. The topological polar surface area (TPSA) is 62.1 Å². The molecule has 0 amide bonds. The van der Waals surface area contributed by atoms with Gasteiger partial charge in [-0.1, -0.05) is 15.9 Å². The van der Waals surface area contributed by atoms with Crippen molar-refractivity contribution in [3.05, 3.63) is 40.4 Å². The standard InChI is InChI=1S/C16H20BrN3O2S/c1-10(19-23(21)16(2,3)4)15-13-8-22-14-7-11(17)5-6-12(14)20(13)9-18-15/h5-7,9-10,19H,8H2,1-4H3/t10?,23-/m0/s1. The minimum atomic E-state index is -1.15. The van der Waals surface area contributed by atoms with E-state index in [1.807, 2.05) is 50.5 Å². The van der Waals surface area contributed by atoms with Gasteiger partial charge in [0.15, 0.2) is 0 Å². The Labute approximate surface area is 147 Å². The quantitative estimate of drug-likeness (QED) is 0.802. The predicted molar refractivity (Wildman–Crippen MR) is 95.0 cm³/mol. The summed E-state index contributed by atoms with van der Waals surface area (Å²) < 4.78 is 24.0. The third-order valence-electron chi connectivity index (χ3n) is 3.69. The number of nitrogens with one attached hydrogen (secondary N) is 1. The third-order valence-corrected chi connectivity index (χ3v) is 5.87. The number of nitrogens with zero attached hydrogens (tertiary/aromatic N) is 2. The normalized spacial score (nSPS) is 16.3. The van der Waals surface area contributed by atoms with E-state index in [0.717, 1.165) is 27.3 Å². The molecule has 0 spiro atoms. The van der Waals surface area contributed by atoms with Gasteiger partial charge < -0.3 is 9.29 Å². The van der Waals surface area contributed by atoms with Crippen molar-refractivity contribution in [2.24, 2.45) is 0 Å². The number of benzene rings is 1. The molecule has 3 rings (SSSR count). The van der Waals surface area contributed by atoms with Crippen molar-refractivity contribution < 1.29 is 9.29 Å². The summed E-state index contributed by atoms with van der Waals surface area (Å²) in [5.74, 6) is 0.828. The molecule has 2 heterocycles. The Morgan fingerprint density at radius 3 is 2.87 bits per heavy atom. The Hall–Kier alpha value is -1.02. The average Bonchev–Trinajstić information content (AvgIpc) is 2.89. The summed E-state index contributed by atoms with van der Waals surface area (Å²) in [7, 11) is 0. The van der Waals surface area contributed by atoms with Gasteiger partial charge in [-0.05, 0) is 45.9 Å². The fourth-order valence-corrected chi connectivity index (χ4v) is 3.57. The highest BCUT2D eigenvalue weighted by Crippen LogP contribution is 2.34. The molecule has 0 radical (unpaired) electrons. The summed E-state index contributed by atoms with van der Waals surface area (Å²) in [6.07, 6.45) is 1.80. The van der Waals surface area contributed by atoms with E-state index in [1.54, 1.807) is 6.33 Å². The molecule has 1 aromatic heterocycles. The van der Waals surface area contributed by atoms with E-state index in [1.165, 1.54) is 0 Å². The molecule has 1 aliphatic rings. The van der Waals surface area contributed by atoms with Crippen LogP contribution in [0.25, 0.3) is 5.69 Å². The molecule has 0 saturated heterocycles. The van der Waals surface area contributed by atoms with Gasteiger partial charge in [-0.15, -0.1) is 4.72 Å². The number of hydrogen-bond donors (Lipinski definition) is 1. The van der Waals surface area contributed by atoms with E-state index in [2.05, 4.69) is 25.6 Å². The number of aromatic nitrogens is 2. The van der Waals surface area contributed by atoms with Crippen LogP contribution in [0, 0.1) is 0 Å². The highest BCUT2D eigenvalue weighted by Gasteiger charge is 2.31. The Morgan fingerprint density at radius 1 is 1.43 bits per heavy atom. The van der Waals surface area contributed by atoms with Crippen molar-refractivity contribution in [3.63, 3.8) is 0 Å². The van der Waals surface area contributed by atoms with Crippen LogP contribution in [0.15, 0.2) is 29.0 Å². The number of hydrogen-bond acceptors (Lipinski definition) is 4. The first-order chi connectivity index (χ1) is 10.8.